The van der Waals surface area contributed by atoms with Crippen LogP contribution in [0.1, 0.15) is 23.8 Å². The van der Waals surface area contributed by atoms with Gasteiger partial charge in [-0.15, -0.1) is 0 Å². The van der Waals surface area contributed by atoms with Crippen molar-refractivity contribution in [2.45, 2.75) is 19.4 Å². The third-order valence-corrected chi connectivity index (χ3v) is 1.74. The van der Waals surface area contributed by atoms with Gasteiger partial charge in [-0.3, -0.25) is 0 Å². The first-order valence-corrected chi connectivity index (χ1v) is 3.66. The minimum absolute atomic E-state index is 0.0984. The van der Waals surface area contributed by atoms with Crippen LogP contribution in [-0.2, 0) is 0 Å². The molecular weight excluding hydrogens is 142 g/mol. The lowest BCUT2D eigenvalue weighted by Gasteiger charge is -2.07. The fraction of sp³-hybridized carbons (Fsp3) is 0.500. The Morgan fingerprint density at radius 1 is 1.73 bits per heavy atom. The Labute approximate surface area is 65.8 Å². The van der Waals surface area contributed by atoms with Crippen LogP contribution in [0, 0.1) is 6.92 Å². The average molecular weight is 155 g/mol. The van der Waals surface area contributed by atoms with Gasteiger partial charge in [0.15, 0.2) is 0 Å². The van der Waals surface area contributed by atoms with Crippen molar-refractivity contribution >= 4 is 0 Å². The second kappa shape index (κ2) is 3.55. The van der Waals surface area contributed by atoms with Gasteiger partial charge in [0.05, 0.1) is 6.26 Å². The van der Waals surface area contributed by atoms with Crippen molar-refractivity contribution in [3.05, 3.63) is 23.7 Å². The molecule has 1 rings (SSSR count). The summed E-state index contributed by atoms with van der Waals surface area (Å²) in [5.41, 5.74) is 6.72. The predicted octanol–water partition coefficient (Wildman–Crippen LogP) is 0.970. The van der Waals surface area contributed by atoms with Gasteiger partial charge in [0.2, 0.25) is 0 Å². The van der Waals surface area contributed by atoms with Crippen molar-refractivity contribution in [1.29, 1.82) is 0 Å². The second-order valence-corrected chi connectivity index (χ2v) is 2.55. The molecule has 0 aliphatic carbocycles. The maximum absolute atomic E-state index is 8.62. The van der Waals surface area contributed by atoms with E-state index in [4.69, 9.17) is 15.3 Å². The fourth-order valence-corrected chi connectivity index (χ4v) is 1.07. The maximum Gasteiger partial charge on any atom is 0.105 e. The molecule has 0 aliphatic rings. The summed E-state index contributed by atoms with van der Waals surface area (Å²) in [4.78, 5) is 0. The highest BCUT2D eigenvalue weighted by Gasteiger charge is 2.09. The van der Waals surface area contributed by atoms with E-state index in [-0.39, 0.29) is 12.6 Å². The summed E-state index contributed by atoms with van der Waals surface area (Å²) in [5, 5.41) is 8.62. The molecule has 1 heterocycles. The number of aryl methyl sites for hydroxylation is 1. The van der Waals surface area contributed by atoms with Crippen molar-refractivity contribution in [3.8, 4) is 0 Å². The van der Waals surface area contributed by atoms with Gasteiger partial charge in [-0.1, -0.05) is 0 Å². The first kappa shape index (κ1) is 8.30. The van der Waals surface area contributed by atoms with Crippen LogP contribution in [0.3, 0.4) is 0 Å². The molecule has 1 aromatic heterocycles. The lowest BCUT2D eigenvalue weighted by atomic mass is 10.1. The van der Waals surface area contributed by atoms with Gasteiger partial charge in [-0.05, 0) is 19.4 Å². The van der Waals surface area contributed by atoms with Crippen LogP contribution in [0.2, 0.25) is 0 Å². The first-order chi connectivity index (χ1) is 5.25. The van der Waals surface area contributed by atoms with Crippen molar-refractivity contribution in [1.82, 2.24) is 0 Å². The molecule has 0 unspecified atom stereocenters. The molecule has 62 valence electrons. The molecule has 0 aromatic carbocycles. The molecule has 0 radical (unpaired) electrons. The van der Waals surface area contributed by atoms with E-state index in [0.717, 1.165) is 11.3 Å². The zero-order chi connectivity index (χ0) is 8.27. The quantitative estimate of drug-likeness (QED) is 0.683. The van der Waals surface area contributed by atoms with Crippen LogP contribution < -0.4 is 5.73 Å². The summed E-state index contributed by atoms with van der Waals surface area (Å²) in [5.74, 6) is 0.839. The number of aliphatic hydroxyl groups excluding tert-OH is 1. The van der Waals surface area contributed by atoms with E-state index in [1.54, 1.807) is 6.26 Å². The van der Waals surface area contributed by atoms with Crippen LogP contribution in [0.4, 0.5) is 0 Å². The van der Waals surface area contributed by atoms with Crippen LogP contribution >= 0.6 is 0 Å². The largest absolute Gasteiger partial charge is 0.469 e. The van der Waals surface area contributed by atoms with E-state index in [2.05, 4.69) is 0 Å². The van der Waals surface area contributed by atoms with E-state index in [0.29, 0.717) is 6.42 Å². The van der Waals surface area contributed by atoms with E-state index >= 15 is 0 Å². The molecular formula is C8H13NO2. The summed E-state index contributed by atoms with van der Waals surface area (Å²) in [6.45, 7) is 1.98. The number of hydrogen-bond acceptors (Lipinski definition) is 3. The lowest BCUT2D eigenvalue weighted by molar-refractivity contribution is 0.276. The molecule has 0 spiro atoms. The molecule has 1 aromatic rings. The lowest BCUT2D eigenvalue weighted by Crippen LogP contribution is -2.11. The smallest absolute Gasteiger partial charge is 0.105 e. The molecule has 0 aliphatic heterocycles. The van der Waals surface area contributed by atoms with Crippen LogP contribution in [0.15, 0.2) is 16.7 Å². The highest BCUT2D eigenvalue weighted by Crippen LogP contribution is 2.18. The maximum atomic E-state index is 8.62. The van der Waals surface area contributed by atoms with Gasteiger partial charge < -0.3 is 15.3 Å². The first-order valence-electron chi connectivity index (χ1n) is 3.66. The van der Waals surface area contributed by atoms with E-state index in [1.165, 1.54) is 0 Å². The number of furan rings is 1. The van der Waals surface area contributed by atoms with Gasteiger partial charge in [0.25, 0.3) is 0 Å². The van der Waals surface area contributed by atoms with Crippen LogP contribution in [0.25, 0.3) is 0 Å². The summed E-state index contributed by atoms with van der Waals surface area (Å²) in [7, 11) is 0. The van der Waals surface area contributed by atoms with Crippen molar-refractivity contribution in [2.24, 2.45) is 5.73 Å². The number of nitrogens with two attached hydrogens (primary N) is 1. The third kappa shape index (κ3) is 1.82. The molecule has 0 amide bonds. The highest BCUT2D eigenvalue weighted by molar-refractivity contribution is 5.19. The molecule has 3 nitrogen and oxygen atoms in total. The Balaban J connectivity index is 2.67. The average Bonchev–Trinajstić information content (AvgIpc) is 2.36. The zero-order valence-corrected chi connectivity index (χ0v) is 6.58. The topological polar surface area (TPSA) is 59.4 Å². The number of hydrogen-bond donors (Lipinski definition) is 2. The Kier molecular flexibility index (Phi) is 2.68. The summed E-state index contributed by atoms with van der Waals surface area (Å²) in [6.07, 6.45) is 2.20. The molecule has 3 N–H and O–H groups in total. The van der Waals surface area contributed by atoms with Gasteiger partial charge >= 0.3 is 0 Å². The summed E-state index contributed by atoms with van der Waals surface area (Å²) < 4.78 is 5.07. The highest BCUT2D eigenvalue weighted by atomic mass is 16.3. The summed E-state index contributed by atoms with van der Waals surface area (Å²) >= 11 is 0. The van der Waals surface area contributed by atoms with Crippen molar-refractivity contribution in [3.63, 3.8) is 0 Å². The SMILES string of the molecule is Cc1occc1[C@H](N)CCO. The molecule has 1 atom stereocenters. The van der Waals surface area contributed by atoms with Crippen molar-refractivity contribution < 1.29 is 9.52 Å². The molecule has 0 bridgehead atoms. The molecule has 0 fully saturated rings. The Hall–Kier alpha value is -0.800. The number of aliphatic hydroxyl groups is 1. The monoisotopic (exact) mass is 155 g/mol. The summed E-state index contributed by atoms with van der Waals surface area (Å²) in [6, 6.07) is 1.74. The minimum Gasteiger partial charge on any atom is -0.469 e. The molecule has 11 heavy (non-hydrogen) atoms. The predicted molar refractivity (Wildman–Crippen MR) is 42.1 cm³/mol. The van der Waals surface area contributed by atoms with Crippen molar-refractivity contribution in [2.75, 3.05) is 6.61 Å². The van der Waals surface area contributed by atoms with Crippen LogP contribution in [0.5, 0.6) is 0 Å². The fourth-order valence-electron chi connectivity index (χ4n) is 1.07. The van der Waals surface area contributed by atoms with E-state index < -0.39 is 0 Å². The van der Waals surface area contributed by atoms with Crippen LogP contribution in [-0.4, -0.2) is 11.7 Å². The van der Waals surface area contributed by atoms with E-state index in [1.807, 2.05) is 13.0 Å². The normalized spacial score (nSPS) is 13.4. The Bertz CT molecular complexity index is 220. The standard InChI is InChI=1S/C8H13NO2/c1-6-7(3-5-11-6)8(9)2-4-10/h3,5,8,10H,2,4,9H2,1H3/t8-/m1/s1. The number of rotatable bonds is 3. The van der Waals surface area contributed by atoms with Gasteiger partial charge in [-0.25, -0.2) is 0 Å². The van der Waals surface area contributed by atoms with Gasteiger partial charge in [0.1, 0.15) is 5.76 Å². The van der Waals surface area contributed by atoms with Gasteiger partial charge in [-0.2, -0.15) is 0 Å². The second-order valence-electron chi connectivity index (χ2n) is 2.55. The Morgan fingerprint density at radius 3 is 2.91 bits per heavy atom. The zero-order valence-electron chi connectivity index (χ0n) is 6.58. The minimum atomic E-state index is -0.0984. The molecule has 0 saturated carbocycles. The molecule has 0 saturated heterocycles. The molecule has 3 heteroatoms. The Morgan fingerprint density at radius 2 is 2.45 bits per heavy atom. The van der Waals surface area contributed by atoms with Gasteiger partial charge in [0, 0.05) is 18.2 Å². The van der Waals surface area contributed by atoms with E-state index in [9.17, 15) is 0 Å². The third-order valence-electron chi connectivity index (χ3n) is 1.74.